The summed E-state index contributed by atoms with van der Waals surface area (Å²) >= 11 is 3.37. The van der Waals surface area contributed by atoms with Crippen LogP contribution < -0.4 is 14.0 Å². The third-order valence-electron chi connectivity index (χ3n) is 4.48. The molecule has 0 N–H and O–H groups in total. The maximum Gasteiger partial charge on any atom is 0.181 e. The molecule has 1 aromatic carbocycles. The lowest BCUT2D eigenvalue weighted by atomic mass is 10.1. The molecule has 0 bridgehead atoms. The van der Waals surface area contributed by atoms with E-state index in [1.54, 1.807) is 23.5 Å². The second-order valence-corrected chi connectivity index (χ2v) is 9.00. The first kappa shape index (κ1) is 17.8. The van der Waals surface area contributed by atoms with Gasteiger partial charge in [0.25, 0.3) is 0 Å². The highest BCUT2D eigenvalue weighted by Crippen LogP contribution is 2.53. The molecule has 0 amide bonds. The minimum absolute atomic E-state index is 0.219. The Hall–Kier alpha value is -0.0300. The van der Waals surface area contributed by atoms with Gasteiger partial charge < -0.3 is 0 Å². The molecule has 2 aliphatic rings. The molecule has 0 aliphatic carbocycles. The minimum atomic E-state index is -4.53. The molecule has 3 rings (SSSR count). The summed E-state index contributed by atoms with van der Waals surface area (Å²) in [4.78, 5) is 2.20. The largest absolute Gasteiger partial charge is 0.282 e. The van der Waals surface area contributed by atoms with E-state index in [-0.39, 0.29) is 16.3 Å². The summed E-state index contributed by atoms with van der Waals surface area (Å²) in [7, 11) is -4.53. The molecule has 2 unspecified atom stereocenters. The molecule has 2 heterocycles. The van der Waals surface area contributed by atoms with Gasteiger partial charge in [0.1, 0.15) is 16.4 Å². The lowest BCUT2D eigenvalue weighted by molar-refractivity contribution is -1.93. The van der Waals surface area contributed by atoms with Crippen molar-refractivity contribution < 1.29 is 28.6 Å². The molecule has 0 aromatic heterocycles. The normalized spacial score (nSPS) is 28.2. The van der Waals surface area contributed by atoms with Crippen LogP contribution in [0.5, 0.6) is 0 Å². The summed E-state index contributed by atoms with van der Waals surface area (Å²) in [6, 6.07) is 9.28. The Morgan fingerprint density at radius 3 is 2.39 bits per heavy atom. The van der Waals surface area contributed by atoms with Crippen molar-refractivity contribution in [1.29, 1.82) is 0 Å². The number of hydrogen-bond acceptors (Lipinski definition) is 8. The van der Waals surface area contributed by atoms with Crippen molar-refractivity contribution >= 4 is 23.5 Å². The molecule has 1 aromatic rings. The second-order valence-electron chi connectivity index (χ2n) is 5.57. The van der Waals surface area contributed by atoms with E-state index in [4.69, 9.17) is 4.39 Å². The second kappa shape index (κ2) is 6.70. The fourth-order valence-corrected chi connectivity index (χ4v) is 6.01. The predicted molar refractivity (Wildman–Crippen MR) is 81.8 cm³/mol. The molecule has 9 heteroatoms. The number of benzene rings is 1. The zero-order valence-electron chi connectivity index (χ0n) is 12.9. The molecule has 0 radical (unpaired) electrons. The fourth-order valence-electron chi connectivity index (χ4n) is 3.46. The van der Waals surface area contributed by atoms with Crippen molar-refractivity contribution in [2.75, 3.05) is 25.6 Å². The van der Waals surface area contributed by atoms with Crippen molar-refractivity contribution in [3.05, 3.63) is 35.9 Å². The first-order chi connectivity index (χ1) is 10.9. The fraction of sp³-hybridized carbons (Fsp3) is 0.571. The van der Waals surface area contributed by atoms with Crippen LogP contribution in [0.15, 0.2) is 30.3 Å². The van der Waals surface area contributed by atoms with Gasteiger partial charge in [-0.2, -0.15) is 14.0 Å². The number of hydrogen-bond donors (Lipinski definition) is 0. The SMILES string of the molecule is CSC1(SC)CCN2CC(c3ccccc3)N(O[Cl+3]([O-])([O-])[O-])C21. The molecule has 0 spiro atoms. The molecule has 6 nitrogen and oxygen atoms in total. The van der Waals surface area contributed by atoms with Crippen LogP contribution >= 0.6 is 23.5 Å². The van der Waals surface area contributed by atoms with E-state index in [1.165, 1.54) is 5.06 Å². The van der Waals surface area contributed by atoms with Crippen LogP contribution in [0.3, 0.4) is 0 Å². The standard InChI is InChI=1S/C14H19ClN2O4S2/c1-22-14(23-2)8-9-16-10-12(11-6-4-3-5-7-11)17(13(14)16)21-15(18,19)20/h3-7,12-13H,8-10H2,1-2H3. The van der Waals surface area contributed by atoms with E-state index in [2.05, 4.69) is 4.90 Å². The van der Waals surface area contributed by atoms with Gasteiger partial charge >= 0.3 is 0 Å². The molecule has 2 saturated heterocycles. The Morgan fingerprint density at radius 1 is 1.17 bits per heavy atom. The highest BCUT2D eigenvalue weighted by atomic mass is 35.7. The third-order valence-corrected chi connectivity index (χ3v) is 8.02. The van der Waals surface area contributed by atoms with Crippen LogP contribution in [0, 0.1) is 10.2 Å². The van der Waals surface area contributed by atoms with Crippen LogP contribution in [0.1, 0.15) is 18.0 Å². The molecule has 2 aliphatic heterocycles. The maximum absolute atomic E-state index is 11.3. The molecule has 23 heavy (non-hydrogen) atoms. The van der Waals surface area contributed by atoms with Crippen molar-refractivity contribution in [1.82, 2.24) is 9.96 Å². The summed E-state index contributed by atoms with van der Waals surface area (Å²) in [5.74, 6) is 0. The number of hydroxylamine groups is 2. The van der Waals surface area contributed by atoms with E-state index in [0.29, 0.717) is 6.54 Å². The van der Waals surface area contributed by atoms with Gasteiger partial charge in [-0.1, -0.05) is 30.3 Å². The first-order valence-electron chi connectivity index (χ1n) is 7.18. The smallest absolute Gasteiger partial charge is 0.181 e. The quantitative estimate of drug-likeness (QED) is 0.623. The third kappa shape index (κ3) is 3.37. The van der Waals surface area contributed by atoms with Gasteiger partial charge in [-0.15, -0.1) is 23.5 Å². The van der Waals surface area contributed by atoms with Crippen molar-refractivity contribution in [2.24, 2.45) is 0 Å². The lowest BCUT2D eigenvalue weighted by Gasteiger charge is -2.35. The van der Waals surface area contributed by atoms with Gasteiger partial charge in [0.15, 0.2) is 4.39 Å². The Morgan fingerprint density at radius 2 is 1.83 bits per heavy atom. The van der Waals surface area contributed by atoms with Crippen LogP contribution in [-0.4, -0.2) is 45.8 Å². The van der Waals surface area contributed by atoms with Gasteiger partial charge in [-0.25, -0.2) is 0 Å². The molecule has 2 atom stereocenters. The van der Waals surface area contributed by atoms with Crippen LogP contribution in [0.4, 0.5) is 0 Å². The minimum Gasteiger partial charge on any atom is -0.282 e. The molecule has 128 valence electrons. The van der Waals surface area contributed by atoms with Crippen LogP contribution in [-0.2, 0) is 4.39 Å². The molecular formula is C14H19ClN2O4S2. The van der Waals surface area contributed by atoms with E-state index in [9.17, 15) is 14.0 Å². The zero-order valence-corrected chi connectivity index (χ0v) is 15.3. The monoisotopic (exact) mass is 378 g/mol. The summed E-state index contributed by atoms with van der Waals surface area (Å²) in [5, 5.41) is 1.39. The number of halogens is 1. The molecule has 2 fully saturated rings. The van der Waals surface area contributed by atoms with Gasteiger partial charge in [0, 0.05) is 13.1 Å². The van der Waals surface area contributed by atoms with E-state index >= 15 is 0 Å². The average Bonchev–Trinajstić information content (AvgIpc) is 3.05. The highest BCUT2D eigenvalue weighted by Gasteiger charge is 2.60. The van der Waals surface area contributed by atoms with Crippen LogP contribution in [0.2, 0.25) is 0 Å². The summed E-state index contributed by atoms with van der Waals surface area (Å²) < 4.78 is 38.5. The van der Waals surface area contributed by atoms with Gasteiger partial charge in [-0.05, 0) is 29.6 Å². The Kier molecular flexibility index (Phi) is 5.18. The average molecular weight is 379 g/mol. The topological polar surface area (TPSA) is 84.9 Å². The van der Waals surface area contributed by atoms with E-state index in [1.807, 2.05) is 42.8 Å². The Balaban J connectivity index is 1.97. The highest BCUT2D eigenvalue weighted by molar-refractivity contribution is 8.17. The lowest BCUT2D eigenvalue weighted by Crippen LogP contribution is -2.65. The van der Waals surface area contributed by atoms with Gasteiger partial charge in [0.05, 0.1) is 10.1 Å². The van der Waals surface area contributed by atoms with Crippen molar-refractivity contribution in [3.63, 3.8) is 0 Å². The molecular weight excluding hydrogens is 360 g/mol. The summed E-state index contributed by atoms with van der Waals surface area (Å²) in [6.45, 7) is 1.49. The zero-order chi connectivity index (χ0) is 16.7. The first-order valence-corrected chi connectivity index (χ1v) is 10.9. The summed E-state index contributed by atoms with van der Waals surface area (Å²) in [6.07, 6.45) is 4.68. The van der Waals surface area contributed by atoms with E-state index < -0.39 is 10.2 Å². The van der Waals surface area contributed by atoms with Crippen molar-refractivity contribution in [2.45, 2.75) is 22.7 Å². The number of fused-ring (bicyclic) bond motifs is 1. The van der Waals surface area contributed by atoms with Crippen molar-refractivity contribution in [3.8, 4) is 0 Å². The van der Waals surface area contributed by atoms with E-state index in [0.717, 1.165) is 18.5 Å². The Labute approximate surface area is 146 Å². The van der Waals surface area contributed by atoms with Gasteiger partial charge in [0.2, 0.25) is 0 Å². The summed E-state index contributed by atoms with van der Waals surface area (Å²) in [5.41, 5.74) is 0.942. The Bertz CT molecular complexity index is 541. The van der Waals surface area contributed by atoms with Crippen LogP contribution in [0.25, 0.3) is 0 Å². The van der Waals surface area contributed by atoms with Gasteiger partial charge in [-0.3, -0.25) is 4.90 Å². The maximum atomic E-state index is 11.3. The number of thioether (sulfide) groups is 2. The predicted octanol–water partition coefficient (Wildman–Crippen LogP) is -0.674. The molecule has 0 saturated carbocycles. The number of nitrogens with zero attached hydrogens (tertiary/aromatic N) is 2. The number of rotatable bonds is 5.